The Kier molecular flexibility index (Phi) is 4.74. The van der Waals surface area contributed by atoms with Gasteiger partial charge in [-0.2, -0.15) is 5.01 Å². The second kappa shape index (κ2) is 7.60. The first-order valence-corrected chi connectivity index (χ1v) is 11.7. The maximum absolute atomic E-state index is 13.6. The van der Waals surface area contributed by atoms with Crippen LogP contribution in [-0.2, 0) is 9.59 Å². The Morgan fingerprint density at radius 2 is 1.53 bits per heavy atom. The molecule has 2 aromatic rings. The van der Waals surface area contributed by atoms with E-state index < -0.39 is 47.7 Å². The van der Waals surface area contributed by atoms with E-state index >= 15 is 0 Å². The van der Waals surface area contributed by atoms with Crippen molar-refractivity contribution in [1.29, 1.82) is 0 Å². The number of imide groups is 1. The van der Waals surface area contributed by atoms with Crippen molar-refractivity contribution in [2.45, 2.75) is 6.42 Å². The summed E-state index contributed by atoms with van der Waals surface area (Å²) in [5.41, 5.74) is 0.244. The predicted molar refractivity (Wildman–Crippen MR) is 120 cm³/mol. The molecule has 4 aliphatic carbocycles. The summed E-state index contributed by atoms with van der Waals surface area (Å²) in [6.07, 6.45) is 5.10. The van der Waals surface area contributed by atoms with E-state index in [0.717, 1.165) is 28.6 Å². The highest BCUT2D eigenvalue weighted by Crippen LogP contribution is 2.65. The molecule has 3 fully saturated rings. The van der Waals surface area contributed by atoms with Crippen molar-refractivity contribution in [1.82, 2.24) is 10.0 Å². The first kappa shape index (κ1) is 21.2. The number of benzene rings is 2. The van der Waals surface area contributed by atoms with Gasteiger partial charge in [0.25, 0.3) is 17.7 Å². The number of amides is 3. The molecule has 0 N–H and O–H groups in total. The number of hydrazine groups is 1. The van der Waals surface area contributed by atoms with Gasteiger partial charge in [-0.05, 0) is 66.5 Å². The van der Waals surface area contributed by atoms with Crippen LogP contribution in [0.15, 0.2) is 60.7 Å². The largest absolute Gasteiger partial charge is 0.292 e. The molecule has 7 rings (SSSR count). The summed E-state index contributed by atoms with van der Waals surface area (Å²) in [6.45, 7) is -0.553. The van der Waals surface area contributed by atoms with Crippen LogP contribution in [0.3, 0.4) is 0 Å². The monoisotopic (exact) mass is 478 g/mol. The Bertz CT molecular complexity index is 1240. The molecule has 34 heavy (non-hydrogen) atoms. The summed E-state index contributed by atoms with van der Waals surface area (Å²) in [5.74, 6) is -2.93. The Morgan fingerprint density at radius 3 is 2.12 bits per heavy atom. The molecule has 8 heteroatoms. The number of Topliss-reactive ketones (excluding diaryl/α,β-unsaturated/α-hetero) is 1. The van der Waals surface area contributed by atoms with Gasteiger partial charge in [-0.25, -0.2) is 9.40 Å². The van der Waals surface area contributed by atoms with E-state index in [1.807, 2.05) is 12.2 Å². The normalized spacial score (nSPS) is 30.2. The number of hydrogen-bond acceptors (Lipinski definition) is 4. The smallest absolute Gasteiger partial charge is 0.274 e. The van der Waals surface area contributed by atoms with Crippen LogP contribution in [0.5, 0.6) is 0 Å². The lowest BCUT2D eigenvalue weighted by Gasteiger charge is -2.37. The number of hydrogen-bond donors (Lipinski definition) is 0. The fraction of sp³-hybridized carbons (Fsp3) is 0.308. The topological polar surface area (TPSA) is 74.8 Å². The van der Waals surface area contributed by atoms with Crippen LogP contribution in [0.4, 0.5) is 4.39 Å². The van der Waals surface area contributed by atoms with Crippen molar-refractivity contribution in [2.24, 2.45) is 35.5 Å². The number of ketones is 1. The molecule has 0 spiro atoms. The molecule has 2 saturated carbocycles. The third-order valence-corrected chi connectivity index (χ3v) is 8.01. The van der Waals surface area contributed by atoms with Gasteiger partial charge in [0.15, 0.2) is 5.78 Å². The molecule has 2 bridgehead atoms. The quantitative estimate of drug-likeness (QED) is 0.372. The van der Waals surface area contributed by atoms with Crippen molar-refractivity contribution in [3.63, 3.8) is 0 Å². The van der Waals surface area contributed by atoms with E-state index in [1.54, 1.807) is 12.1 Å². The fourth-order valence-electron chi connectivity index (χ4n) is 6.05. The Labute approximate surface area is 199 Å². The molecule has 5 aliphatic rings. The number of nitrogens with zero attached hydrogens (tertiary/aromatic N) is 2. The van der Waals surface area contributed by atoms with Gasteiger partial charge >= 0.3 is 0 Å². The minimum atomic E-state index is -0.716. The van der Waals surface area contributed by atoms with Gasteiger partial charge in [0.05, 0.1) is 22.4 Å². The molecule has 0 unspecified atom stereocenters. The van der Waals surface area contributed by atoms with E-state index in [-0.39, 0.29) is 28.0 Å². The highest BCUT2D eigenvalue weighted by molar-refractivity contribution is 6.34. The number of rotatable bonds is 5. The molecule has 2 aromatic carbocycles. The van der Waals surface area contributed by atoms with Crippen molar-refractivity contribution in [3.8, 4) is 0 Å². The third-order valence-electron chi connectivity index (χ3n) is 7.68. The van der Waals surface area contributed by atoms with Gasteiger partial charge in [-0.15, -0.1) is 0 Å². The van der Waals surface area contributed by atoms with Crippen LogP contribution < -0.4 is 0 Å². The van der Waals surface area contributed by atoms with Crippen molar-refractivity contribution in [2.75, 3.05) is 6.54 Å². The lowest BCUT2D eigenvalue weighted by atomic mass is 9.63. The maximum atomic E-state index is 13.6. The fourth-order valence-corrected chi connectivity index (χ4v) is 6.27. The van der Waals surface area contributed by atoms with E-state index in [0.29, 0.717) is 11.8 Å². The lowest BCUT2D eigenvalue weighted by molar-refractivity contribution is -0.154. The average Bonchev–Trinajstić information content (AvgIpc) is 3.61. The first-order chi connectivity index (χ1) is 16.4. The molecule has 0 radical (unpaired) electrons. The van der Waals surface area contributed by atoms with E-state index in [2.05, 4.69) is 0 Å². The molecule has 1 saturated heterocycles. The second-order valence-electron chi connectivity index (χ2n) is 9.42. The highest BCUT2D eigenvalue weighted by Gasteiger charge is 2.68. The summed E-state index contributed by atoms with van der Waals surface area (Å²) in [7, 11) is 0. The van der Waals surface area contributed by atoms with Crippen LogP contribution in [0.1, 0.15) is 27.1 Å². The second-order valence-corrected chi connectivity index (χ2v) is 9.82. The molecular weight excluding hydrogens is 459 g/mol. The maximum Gasteiger partial charge on any atom is 0.274 e. The van der Waals surface area contributed by atoms with Crippen molar-refractivity contribution >= 4 is 35.1 Å². The van der Waals surface area contributed by atoms with Crippen LogP contribution in [0.25, 0.3) is 0 Å². The zero-order valence-corrected chi connectivity index (χ0v) is 18.7. The SMILES string of the molecule is O=C(CN(C(=O)c1ccccc1Cl)N1C(=O)[C@@H]2[C@H]3C=C[C@@H]([C@@H]4C[C@H]34)[C@H]2C1=O)c1ccc(F)cc1. The van der Waals surface area contributed by atoms with Gasteiger partial charge in [-0.1, -0.05) is 35.9 Å². The summed E-state index contributed by atoms with van der Waals surface area (Å²) >= 11 is 6.24. The number of allylic oxidation sites excluding steroid dienone is 2. The Morgan fingerprint density at radius 1 is 0.941 bits per heavy atom. The molecule has 3 amide bonds. The van der Waals surface area contributed by atoms with Gasteiger partial charge in [0.2, 0.25) is 0 Å². The summed E-state index contributed by atoms with van der Waals surface area (Å²) in [5, 5.41) is 1.94. The molecule has 6 atom stereocenters. The van der Waals surface area contributed by atoms with E-state index in [4.69, 9.17) is 11.6 Å². The van der Waals surface area contributed by atoms with Crippen LogP contribution in [-0.4, -0.2) is 40.1 Å². The summed E-state index contributed by atoms with van der Waals surface area (Å²) in [4.78, 5) is 53.9. The van der Waals surface area contributed by atoms with E-state index in [1.165, 1.54) is 24.3 Å². The minimum Gasteiger partial charge on any atom is -0.292 e. The molecule has 6 nitrogen and oxygen atoms in total. The molecule has 172 valence electrons. The van der Waals surface area contributed by atoms with Gasteiger partial charge in [-0.3, -0.25) is 19.2 Å². The zero-order chi connectivity index (χ0) is 23.7. The Balaban J connectivity index is 1.37. The standard InChI is InChI=1S/C26H20ClFN2O4/c27-20-4-2-1-3-17(20)24(32)29(12-21(31)13-5-7-14(28)8-6-13)30-25(33)22-15-9-10-16(19-11-18(15)19)23(22)26(30)34/h1-10,15-16,18-19,22-23H,11-12H2/t15-,16-,18-,19+,22+,23+/m0/s1. The first-order valence-electron chi connectivity index (χ1n) is 11.3. The molecule has 1 heterocycles. The van der Waals surface area contributed by atoms with E-state index in [9.17, 15) is 23.6 Å². The van der Waals surface area contributed by atoms with Crippen molar-refractivity contribution in [3.05, 3.63) is 82.6 Å². The Hall–Kier alpha value is -3.32. The van der Waals surface area contributed by atoms with Crippen LogP contribution >= 0.6 is 11.6 Å². The van der Waals surface area contributed by atoms with Gasteiger partial charge < -0.3 is 0 Å². The third kappa shape index (κ3) is 3.06. The number of carbonyl (C=O) groups is 4. The van der Waals surface area contributed by atoms with Gasteiger partial charge in [0, 0.05) is 5.56 Å². The molecule has 0 aromatic heterocycles. The number of carbonyl (C=O) groups excluding carboxylic acids is 4. The number of halogens is 2. The van der Waals surface area contributed by atoms with Crippen molar-refractivity contribution < 1.29 is 23.6 Å². The molecule has 1 aliphatic heterocycles. The average molecular weight is 479 g/mol. The molecular formula is C26H20ClFN2O4. The predicted octanol–water partition coefficient (Wildman–Crippen LogP) is 3.77. The highest BCUT2D eigenvalue weighted by atomic mass is 35.5. The van der Waals surface area contributed by atoms with Crippen LogP contribution in [0.2, 0.25) is 5.02 Å². The minimum absolute atomic E-state index is 0.0217. The summed E-state index contributed by atoms with van der Waals surface area (Å²) < 4.78 is 13.3. The summed E-state index contributed by atoms with van der Waals surface area (Å²) in [6, 6.07) is 11.2. The zero-order valence-electron chi connectivity index (χ0n) is 17.9. The lowest BCUT2D eigenvalue weighted by Crippen LogP contribution is -2.52. The van der Waals surface area contributed by atoms with Crippen LogP contribution in [0, 0.1) is 41.3 Å². The van der Waals surface area contributed by atoms with Gasteiger partial charge in [0.1, 0.15) is 12.4 Å².